The van der Waals surface area contributed by atoms with Gasteiger partial charge in [0.2, 0.25) is 0 Å². The summed E-state index contributed by atoms with van der Waals surface area (Å²) in [4.78, 5) is 10.3. The van der Waals surface area contributed by atoms with E-state index in [9.17, 15) is 18.0 Å². The Morgan fingerprint density at radius 2 is 1.93 bits per heavy atom. The van der Waals surface area contributed by atoms with Gasteiger partial charge in [-0.25, -0.2) is 0 Å². The first-order chi connectivity index (χ1) is 6.88. The molecule has 0 radical (unpaired) electrons. The summed E-state index contributed by atoms with van der Waals surface area (Å²) in [7, 11) is 0. The summed E-state index contributed by atoms with van der Waals surface area (Å²) >= 11 is -0.294. The van der Waals surface area contributed by atoms with Gasteiger partial charge < -0.3 is 5.11 Å². The van der Waals surface area contributed by atoms with E-state index >= 15 is 0 Å². The van der Waals surface area contributed by atoms with Gasteiger partial charge in [-0.1, -0.05) is 18.2 Å². The standard InChI is InChI=1S/C9H7F3O2S/c10-9(11,12)15-7-4-2-1-3-6(7)5-8(13)14/h1-4H,5H2,(H,13,14). The summed E-state index contributed by atoms with van der Waals surface area (Å²) in [6, 6.07) is 5.59. The molecule has 0 atom stereocenters. The minimum atomic E-state index is -4.39. The first kappa shape index (κ1) is 11.9. The molecular weight excluding hydrogens is 229 g/mol. The molecule has 0 fully saturated rings. The van der Waals surface area contributed by atoms with E-state index in [2.05, 4.69) is 0 Å². The predicted molar refractivity (Wildman–Crippen MR) is 49.7 cm³/mol. The van der Waals surface area contributed by atoms with Crippen LogP contribution in [-0.4, -0.2) is 16.6 Å². The number of carbonyl (C=O) groups is 1. The van der Waals surface area contributed by atoms with E-state index in [1.165, 1.54) is 24.3 Å². The lowest BCUT2D eigenvalue weighted by Crippen LogP contribution is -2.04. The van der Waals surface area contributed by atoms with Gasteiger partial charge in [-0.05, 0) is 23.4 Å². The van der Waals surface area contributed by atoms with Crippen LogP contribution in [0, 0.1) is 0 Å². The van der Waals surface area contributed by atoms with Crippen molar-refractivity contribution >= 4 is 17.7 Å². The summed E-state index contributed by atoms with van der Waals surface area (Å²) in [5.74, 6) is -1.15. The molecule has 0 aliphatic carbocycles. The molecule has 0 saturated heterocycles. The van der Waals surface area contributed by atoms with Gasteiger partial charge in [0.15, 0.2) is 0 Å². The van der Waals surface area contributed by atoms with Crippen molar-refractivity contribution < 1.29 is 23.1 Å². The van der Waals surface area contributed by atoms with Crippen molar-refractivity contribution in [2.24, 2.45) is 0 Å². The van der Waals surface area contributed by atoms with Crippen molar-refractivity contribution in [1.82, 2.24) is 0 Å². The molecule has 0 saturated carbocycles. The van der Waals surface area contributed by atoms with E-state index in [0.717, 1.165) is 0 Å². The molecule has 0 amide bonds. The number of thioether (sulfide) groups is 1. The number of hydrogen-bond donors (Lipinski definition) is 1. The Hall–Kier alpha value is -1.17. The van der Waals surface area contributed by atoms with Gasteiger partial charge in [-0.2, -0.15) is 13.2 Å². The fourth-order valence-electron chi connectivity index (χ4n) is 1.04. The van der Waals surface area contributed by atoms with Crippen LogP contribution in [0.3, 0.4) is 0 Å². The highest BCUT2D eigenvalue weighted by atomic mass is 32.2. The Morgan fingerprint density at radius 1 is 1.33 bits per heavy atom. The quantitative estimate of drug-likeness (QED) is 0.820. The van der Waals surface area contributed by atoms with Crippen LogP contribution in [0.25, 0.3) is 0 Å². The Labute approximate surface area is 88.1 Å². The molecule has 0 aliphatic heterocycles. The van der Waals surface area contributed by atoms with E-state index in [4.69, 9.17) is 5.11 Å². The van der Waals surface area contributed by atoms with E-state index in [1.807, 2.05) is 0 Å². The maximum absolute atomic E-state index is 12.1. The zero-order chi connectivity index (χ0) is 11.5. The zero-order valence-corrected chi connectivity index (χ0v) is 8.23. The van der Waals surface area contributed by atoms with Crippen molar-refractivity contribution in [2.75, 3.05) is 0 Å². The molecule has 0 aromatic heterocycles. The predicted octanol–water partition coefficient (Wildman–Crippen LogP) is 2.93. The Kier molecular flexibility index (Phi) is 3.62. The van der Waals surface area contributed by atoms with E-state index in [0.29, 0.717) is 0 Å². The Bertz CT molecular complexity index is 363. The number of rotatable bonds is 3. The molecular formula is C9H7F3O2S. The number of alkyl halides is 3. The van der Waals surface area contributed by atoms with Gasteiger partial charge in [0.1, 0.15) is 0 Å². The fraction of sp³-hybridized carbons (Fsp3) is 0.222. The number of halogens is 3. The molecule has 1 rings (SSSR count). The van der Waals surface area contributed by atoms with Crippen molar-refractivity contribution in [3.8, 4) is 0 Å². The van der Waals surface area contributed by atoms with Crippen molar-refractivity contribution in [3.63, 3.8) is 0 Å². The van der Waals surface area contributed by atoms with Crippen LogP contribution in [0.15, 0.2) is 29.2 Å². The first-order valence-corrected chi connectivity index (χ1v) is 4.75. The number of benzene rings is 1. The van der Waals surface area contributed by atoms with Crippen molar-refractivity contribution in [1.29, 1.82) is 0 Å². The third-order valence-electron chi connectivity index (χ3n) is 1.54. The summed E-state index contributed by atoms with van der Waals surface area (Å²) in [6.45, 7) is 0. The smallest absolute Gasteiger partial charge is 0.446 e. The molecule has 0 bridgehead atoms. The third kappa shape index (κ3) is 4.24. The average Bonchev–Trinajstić information content (AvgIpc) is 2.05. The van der Waals surface area contributed by atoms with E-state index in [-0.39, 0.29) is 22.2 Å². The van der Waals surface area contributed by atoms with Crippen molar-refractivity contribution in [2.45, 2.75) is 16.8 Å². The molecule has 1 N–H and O–H groups in total. The minimum absolute atomic E-state index is 0.0626. The molecule has 6 heteroatoms. The second-order valence-corrected chi connectivity index (χ2v) is 3.83. The number of hydrogen-bond acceptors (Lipinski definition) is 2. The zero-order valence-electron chi connectivity index (χ0n) is 7.41. The minimum Gasteiger partial charge on any atom is -0.481 e. The van der Waals surface area contributed by atoms with Crippen LogP contribution in [0.2, 0.25) is 0 Å². The molecule has 1 aromatic rings. The van der Waals surface area contributed by atoms with E-state index in [1.54, 1.807) is 0 Å². The van der Waals surface area contributed by atoms with Crippen LogP contribution >= 0.6 is 11.8 Å². The molecule has 1 aromatic carbocycles. The number of carboxylic acid groups (broad SMARTS) is 1. The summed E-state index contributed by atoms with van der Waals surface area (Å²) in [5, 5.41) is 8.50. The molecule has 0 spiro atoms. The van der Waals surface area contributed by atoms with Crippen LogP contribution in [-0.2, 0) is 11.2 Å². The monoisotopic (exact) mass is 236 g/mol. The Morgan fingerprint density at radius 3 is 2.47 bits per heavy atom. The SMILES string of the molecule is O=C(O)Cc1ccccc1SC(F)(F)F. The largest absolute Gasteiger partial charge is 0.481 e. The third-order valence-corrected chi connectivity index (χ3v) is 2.39. The molecule has 0 unspecified atom stereocenters. The lowest BCUT2D eigenvalue weighted by atomic mass is 10.1. The van der Waals surface area contributed by atoms with Gasteiger partial charge in [0.25, 0.3) is 0 Å². The van der Waals surface area contributed by atoms with Gasteiger partial charge in [-0.3, -0.25) is 4.79 Å². The second kappa shape index (κ2) is 4.57. The normalized spacial score (nSPS) is 11.4. The lowest BCUT2D eigenvalue weighted by Gasteiger charge is -2.09. The average molecular weight is 236 g/mol. The van der Waals surface area contributed by atoms with Crippen LogP contribution in [0.1, 0.15) is 5.56 Å². The summed E-state index contributed by atoms with van der Waals surface area (Å²) in [5.41, 5.74) is -4.22. The maximum atomic E-state index is 12.1. The fourth-order valence-corrected chi connectivity index (χ4v) is 1.70. The van der Waals surface area contributed by atoms with Crippen LogP contribution in [0.4, 0.5) is 13.2 Å². The topological polar surface area (TPSA) is 37.3 Å². The van der Waals surface area contributed by atoms with Gasteiger partial charge in [0, 0.05) is 4.90 Å². The number of carboxylic acids is 1. The van der Waals surface area contributed by atoms with Gasteiger partial charge in [0.05, 0.1) is 6.42 Å². The van der Waals surface area contributed by atoms with Crippen molar-refractivity contribution in [3.05, 3.63) is 29.8 Å². The molecule has 82 valence electrons. The summed E-state index contributed by atoms with van der Waals surface area (Å²) in [6.07, 6.45) is -0.404. The Balaban J connectivity index is 2.91. The molecule has 15 heavy (non-hydrogen) atoms. The lowest BCUT2D eigenvalue weighted by molar-refractivity contribution is -0.136. The van der Waals surface area contributed by atoms with Crippen LogP contribution < -0.4 is 0 Å². The molecule has 2 nitrogen and oxygen atoms in total. The van der Waals surface area contributed by atoms with E-state index < -0.39 is 17.9 Å². The summed E-state index contributed by atoms with van der Waals surface area (Å²) < 4.78 is 36.2. The molecule has 0 aliphatic rings. The molecule has 0 heterocycles. The van der Waals surface area contributed by atoms with Crippen LogP contribution in [0.5, 0.6) is 0 Å². The van der Waals surface area contributed by atoms with Gasteiger partial charge in [-0.15, -0.1) is 0 Å². The maximum Gasteiger partial charge on any atom is 0.446 e. The highest BCUT2D eigenvalue weighted by molar-refractivity contribution is 8.00. The number of aliphatic carboxylic acids is 1. The second-order valence-electron chi connectivity index (χ2n) is 2.73. The van der Waals surface area contributed by atoms with Gasteiger partial charge >= 0.3 is 11.5 Å². The highest BCUT2D eigenvalue weighted by Crippen LogP contribution is 2.38. The highest BCUT2D eigenvalue weighted by Gasteiger charge is 2.30. The first-order valence-electron chi connectivity index (χ1n) is 3.94.